The number of halogens is 1. The maximum absolute atomic E-state index is 14.8. The molecule has 5 rings (SSSR count). The molecule has 0 aromatic carbocycles. The van der Waals surface area contributed by atoms with Crippen LogP contribution in [0.25, 0.3) is 11.2 Å². The molecule has 1 N–H and O–H groups in total. The Balaban J connectivity index is 1.34. The first-order valence-corrected chi connectivity index (χ1v) is 13.3. The van der Waals surface area contributed by atoms with Crippen LogP contribution in [0.15, 0.2) is 60.4 Å². The van der Waals surface area contributed by atoms with Crippen LogP contribution in [0.4, 0.5) is 4.39 Å². The van der Waals surface area contributed by atoms with E-state index in [0.29, 0.717) is 30.5 Å². The molecule has 2 aromatic heterocycles. The molecule has 2 atom stereocenters. The number of nitrogens with zero attached hydrogens (tertiary/aromatic N) is 5. The van der Waals surface area contributed by atoms with Crippen LogP contribution in [0.3, 0.4) is 0 Å². The molecule has 1 saturated heterocycles. The summed E-state index contributed by atoms with van der Waals surface area (Å²) in [6.07, 6.45) is 14.1. The van der Waals surface area contributed by atoms with Gasteiger partial charge in [0.1, 0.15) is 0 Å². The SMILES string of the molecule is Cc1cn2cc(C3=CC(=O)N4C=C(N5CCN(CCOCCO)C(C)C5)C=CC4=CCC3C)cc(F)c2n1. The number of aliphatic hydroxyl groups is 1. The number of hydrogen-bond acceptors (Lipinski definition) is 6. The summed E-state index contributed by atoms with van der Waals surface area (Å²) in [5, 5.41) is 8.89. The molecule has 3 aliphatic heterocycles. The van der Waals surface area contributed by atoms with Gasteiger partial charge >= 0.3 is 0 Å². The second-order valence-corrected chi connectivity index (χ2v) is 10.3. The Bertz CT molecular complexity index is 1330. The number of piperazine rings is 1. The standard InChI is InChI=1S/C29H36FN5O3/c1-20-4-5-24-6-7-25(33-9-8-32(22(3)17-33)10-12-38-13-11-36)19-35(24)28(37)15-26(20)23-14-27(30)29-31-21(2)16-34(29)18-23/h5-7,14-16,18-20,22,36H,4,8-13,17H2,1-3H3. The average molecular weight is 522 g/mol. The van der Waals surface area contributed by atoms with Crippen LogP contribution in [0.2, 0.25) is 0 Å². The number of fused-ring (bicyclic) bond motifs is 2. The molecule has 8 nitrogen and oxygen atoms in total. The van der Waals surface area contributed by atoms with Crippen molar-refractivity contribution in [2.75, 3.05) is 46.0 Å². The van der Waals surface area contributed by atoms with Crippen molar-refractivity contribution in [1.82, 2.24) is 24.1 Å². The van der Waals surface area contributed by atoms with Crippen LogP contribution in [0, 0.1) is 18.7 Å². The molecule has 0 spiro atoms. The van der Waals surface area contributed by atoms with Gasteiger partial charge in [-0.25, -0.2) is 9.37 Å². The van der Waals surface area contributed by atoms with E-state index >= 15 is 0 Å². The van der Waals surface area contributed by atoms with Gasteiger partial charge < -0.3 is 19.1 Å². The first-order valence-electron chi connectivity index (χ1n) is 13.3. The third-order valence-corrected chi connectivity index (χ3v) is 7.54. The lowest BCUT2D eigenvalue weighted by molar-refractivity contribution is -0.122. The van der Waals surface area contributed by atoms with E-state index in [2.05, 4.69) is 40.8 Å². The molecule has 202 valence electrons. The molecule has 2 aromatic rings. The average Bonchev–Trinajstić information content (AvgIpc) is 3.29. The predicted octanol–water partition coefficient (Wildman–Crippen LogP) is 3.34. The Labute approximate surface area is 223 Å². The molecule has 1 amide bonds. The van der Waals surface area contributed by atoms with Gasteiger partial charge in [0.25, 0.3) is 5.91 Å². The van der Waals surface area contributed by atoms with E-state index in [-0.39, 0.29) is 18.4 Å². The molecule has 0 saturated carbocycles. The Morgan fingerprint density at radius 3 is 2.76 bits per heavy atom. The number of amides is 1. The lowest BCUT2D eigenvalue weighted by Crippen LogP contribution is -2.52. The molecule has 0 aliphatic carbocycles. The number of ether oxygens (including phenoxy) is 1. The van der Waals surface area contributed by atoms with Gasteiger partial charge in [-0.15, -0.1) is 0 Å². The Hall–Kier alpha value is -3.27. The lowest BCUT2D eigenvalue weighted by atomic mass is 9.90. The van der Waals surface area contributed by atoms with Gasteiger partial charge in [0.05, 0.1) is 31.2 Å². The number of aryl methyl sites for hydroxylation is 1. The molecule has 9 heteroatoms. The summed E-state index contributed by atoms with van der Waals surface area (Å²) in [6.45, 7) is 10.5. The number of hydrogen-bond donors (Lipinski definition) is 1. The maximum Gasteiger partial charge on any atom is 0.255 e. The normalized spacial score (nSPS) is 22.7. The number of aliphatic hydroxyl groups excluding tert-OH is 1. The van der Waals surface area contributed by atoms with Gasteiger partial charge in [0.2, 0.25) is 0 Å². The molecule has 2 unspecified atom stereocenters. The number of pyridine rings is 1. The van der Waals surface area contributed by atoms with Crippen LogP contribution >= 0.6 is 0 Å². The zero-order chi connectivity index (χ0) is 26.8. The van der Waals surface area contributed by atoms with Crippen LogP contribution in [0.1, 0.15) is 31.5 Å². The smallest absolute Gasteiger partial charge is 0.255 e. The molecule has 0 radical (unpaired) electrons. The van der Waals surface area contributed by atoms with Gasteiger partial charge in [-0.1, -0.05) is 13.0 Å². The Morgan fingerprint density at radius 2 is 1.97 bits per heavy atom. The van der Waals surface area contributed by atoms with E-state index in [0.717, 1.165) is 55.3 Å². The van der Waals surface area contributed by atoms with Gasteiger partial charge in [-0.3, -0.25) is 14.6 Å². The van der Waals surface area contributed by atoms with Gasteiger partial charge in [0.15, 0.2) is 11.5 Å². The molecule has 5 heterocycles. The van der Waals surface area contributed by atoms with Crippen molar-refractivity contribution < 1.29 is 19.0 Å². The van der Waals surface area contributed by atoms with Crippen molar-refractivity contribution in [3.63, 3.8) is 0 Å². The van der Waals surface area contributed by atoms with E-state index in [1.807, 2.05) is 25.4 Å². The van der Waals surface area contributed by atoms with Crippen molar-refractivity contribution in [3.8, 4) is 0 Å². The van der Waals surface area contributed by atoms with Gasteiger partial charge in [-0.05, 0) is 55.5 Å². The van der Waals surface area contributed by atoms with Crippen LogP contribution in [0.5, 0.6) is 0 Å². The fourth-order valence-corrected chi connectivity index (χ4v) is 5.43. The number of aromatic nitrogens is 2. The van der Waals surface area contributed by atoms with Gasteiger partial charge in [0, 0.05) is 62.6 Å². The van der Waals surface area contributed by atoms with Crippen molar-refractivity contribution in [2.45, 2.75) is 33.2 Å². The topological polar surface area (TPSA) is 73.6 Å². The first kappa shape index (κ1) is 26.3. The van der Waals surface area contributed by atoms with Crippen molar-refractivity contribution in [1.29, 1.82) is 0 Å². The Kier molecular flexibility index (Phi) is 7.78. The lowest BCUT2D eigenvalue weighted by Gasteiger charge is -2.42. The summed E-state index contributed by atoms with van der Waals surface area (Å²) in [7, 11) is 0. The number of carbonyl (C=O) groups excluding carboxylic acids is 1. The molecule has 3 aliphatic rings. The predicted molar refractivity (Wildman–Crippen MR) is 144 cm³/mol. The van der Waals surface area contributed by atoms with Gasteiger partial charge in [-0.2, -0.15) is 0 Å². The minimum atomic E-state index is -0.397. The summed E-state index contributed by atoms with van der Waals surface area (Å²) >= 11 is 0. The minimum Gasteiger partial charge on any atom is -0.394 e. The van der Waals surface area contributed by atoms with Crippen molar-refractivity contribution in [3.05, 3.63) is 77.4 Å². The third-order valence-electron chi connectivity index (χ3n) is 7.54. The number of rotatable bonds is 7. The number of allylic oxidation sites excluding steroid dienone is 4. The van der Waals surface area contributed by atoms with Crippen LogP contribution in [-0.2, 0) is 9.53 Å². The van der Waals surface area contributed by atoms with Crippen molar-refractivity contribution in [2.24, 2.45) is 5.92 Å². The highest BCUT2D eigenvalue weighted by Crippen LogP contribution is 2.32. The first-order chi connectivity index (χ1) is 18.3. The highest BCUT2D eigenvalue weighted by molar-refractivity contribution is 5.98. The zero-order valence-electron chi connectivity index (χ0n) is 22.3. The molecular weight excluding hydrogens is 485 g/mol. The number of imidazole rings is 1. The molecule has 38 heavy (non-hydrogen) atoms. The molecular formula is C29H36FN5O3. The van der Waals surface area contributed by atoms with Crippen LogP contribution < -0.4 is 0 Å². The largest absolute Gasteiger partial charge is 0.394 e. The van der Waals surface area contributed by atoms with E-state index in [4.69, 9.17) is 9.84 Å². The summed E-state index contributed by atoms with van der Waals surface area (Å²) < 4.78 is 22.0. The third kappa shape index (κ3) is 5.45. The van der Waals surface area contributed by atoms with E-state index in [9.17, 15) is 9.18 Å². The second kappa shape index (κ2) is 11.2. The fraction of sp³-hybridized carbons (Fsp3) is 0.448. The highest BCUT2D eigenvalue weighted by Gasteiger charge is 2.28. The van der Waals surface area contributed by atoms with Crippen LogP contribution in [-0.4, -0.2) is 87.1 Å². The zero-order valence-corrected chi connectivity index (χ0v) is 22.3. The summed E-state index contributed by atoms with van der Waals surface area (Å²) in [6, 6.07) is 1.82. The maximum atomic E-state index is 14.8. The van der Waals surface area contributed by atoms with E-state index in [1.165, 1.54) is 6.07 Å². The van der Waals surface area contributed by atoms with Crippen molar-refractivity contribution >= 4 is 17.1 Å². The molecule has 0 bridgehead atoms. The summed E-state index contributed by atoms with van der Waals surface area (Å²) in [5.74, 6) is -0.496. The molecule has 1 fully saturated rings. The fourth-order valence-electron chi connectivity index (χ4n) is 5.43. The summed E-state index contributed by atoms with van der Waals surface area (Å²) in [5.41, 5.74) is 4.40. The highest BCUT2D eigenvalue weighted by atomic mass is 19.1. The quantitative estimate of drug-likeness (QED) is 0.564. The second-order valence-electron chi connectivity index (χ2n) is 10.3. The van der Waals surface area contributed by atoms with E-state index in [1.54, 1.807) is 21.6 Å². The Morgan fingerprint density at radius 1 is 1.16 bits per heavy atom. The number of carbonyl (C=O) groups is 1. The summed E-state index contributed by atoms with van der Waals surface area (Å²) in [4.78, 5) is 24.2. The monoisotopic (exact) mass is 521 g/mol. The van der Waals surface area contributed by atoms with E-state index < -0.39 is 5.82 Å². The minimum absolute atomic E-state index is 0.0432.